The molecule has 6 nitrogen and oxygen atoms in total. The number of non-ortho nitro benzene ring substituents is 1. The molecular formula is C17H21N3O3S. The van der Waals surface area contributed by atoms with Gasteiger partial charge < -0.3 is 5.11 Å². The number of rotatable bonds is 7. The fourth-order valence-electron chi connectivity index (χ4n) is 3.23. The van der Waals surface area contributed by atoms with Crippen molar-refractivity contribution in [1.82, 2.24) is 9.88 Å². The lowest BCUT2D eigenvalue weighted by Gasteiger charge is -2.23. The third-order valence-electron chi connectivity index (χ3n) is 4.42. The summed E-state index contributed by atoms with van der Waals surface area (Å²) in [4.78, 5) is 17.6. The molecule has 1 fully saturated rings. The average Bonchev–Trinajstić information content (AvgIpc) is 3.23. The van der Waals surface area contributed by atoms with Gasteiger partial charge in [-0.3, -0.25) is 15.0 Å². The molecule has 1 saturated heterocycles. The zero-order valence-corrected chi connectivity index (χ0v) is 14.2. The molecule has 2 heterocycles. The van der Waals surface area contributed by atoms with E-state index in [1.165, 1.54) is 30.2 Å². The van der Waals surface area contributed by atoms with Gasteiger partial charge in [0.05, 0.1) is 10.6 Å². The van der Waals surface area contributed by atoms with Crippen LogP contribution < -0.4 is 0 Å². The van der Waals surface area contributed by atoms with Crippen LogP contribution in [0.3, 0.4) is 0 Å². The Kier molecular flexibility index (Phi) is 5.55. The lowest BCUT2D eigenvalue weighted by molar-refractivity contribution is -0.384. The van der Waals surface area contributed by atoms with Crippen LogP contribution in [0.4, 0.5) is 5.69 Å². The summed E-state index contributed by atoms with van der Waals surface area (Å²) in [5.74, 6) is 0. The molecule has 1 aromatic carbocycles. The first-order valence-electron chi connectivity index (χ1n) is 8.21. The minimum atomic E-state index is -0.381. The van der Waals surface area contributed by atoms with Crippen molar-refractivity contribution in [1.29, 1.82) is 0 Å². The van der Waals surface area contributed by atoms with Gasteiger partial charge in [-0.25, -0.2) is 4.98 Å². The van der Waals surface area contributed by atoms with E-state index in [-0.39, 0.29) is 17.2 Å². The minimum Gasteiger partial charge on any atom is -0.396 e. The summed E-state index contributed by atoms with van der Waals surface area (Å²) in [6, 6.07) is 7.14. The quantitative estimate of drug-likeness (QED) is 0.613. The summed E-state index contributed by atoms with van der Waals surface area (Å²) >= 11 is 1.53. The van der Waals surface area contributed by atoms with E-state index in [2.05, 4.69) is 9.88 Å². The first kappa shape index (κ1) is 17.0. The largest absolute Gasteiger partial charge is 0.396 e. The van der Waals surface area contributed by atoms with Gasteiger partial charge in [-0.1, -0.05) is 12.1 Å². The van der Waals surface area contributed by atoms with Crippen LogP contribution in [0, 0.1) is 10.1 Å². The summed E-state index contributed by atoms with van der Waals surface area (Å²) < 4.78 is 0. The Bertz CT molecular complexity index is 704. The highest BCUT2D eigenvalue weighted by atomic mass is 32.1. The number of thiazole rings is 1. The molecule has 1 aromatic heterocycles. The molecule has 0 radical (unpaired) electrons. The third kappa shape index (κ3) is 3.98. The van der Waals surface area contributed by atoms with Crippen LogP contribution in [-0.4, -0.2) is 39.1 Å². The molecule has 2 aromatic rings. The van der Waals surface area contributed by atoms with Gasteiger partial charge in [0.15, 0.2) is 0 Å². The predicted molar refractivity (Wildman–Crippen MR) is 94.0 cm³/mol. The highest BCUT2D eigenvalue weighted by Crippen LogP contribution is 2.29. The number of nitro benzene ring substituents is 1. The van der Waals surface area contributed by atoms with E-state index >= 15 is 0 Å². The second kappa shape index (κ2) is 7.83. The lowest BCUT2D eigenvalue weighted by atomic mass is 10.1. The first-order chi connectivity index (χ1) is 11.7. The molecule has 0 spiro atoms. The van der Waals surface area contributed by atoms with Gasteiger partial charge in [-0.05, 0) is 32.2 Å². The molecule has 1 atom stereocenters. The zero-order chi connectivity index (χ0) is 16.9. The summed E-state index contributed by atoms with van der Waals surface area (Å²) in [7, 11) is 0. The fraction of sp³-hybridized carbons (Fsp3) is 0.471. The van der Waals surface area contributed by atoms with E-state index in [4.69, 9.17) is 5.11 Å². The van der Waals surface area contributed by atoms with E-state index in [1.807, 2.05) is 11.4 Å². The van der Waals surface area contributed by atoms with Gasteiger partial charge in [0, 0.05) is 42.3 Å². The molecule has 1 aliphatic heterocycles. The number of aliphatic hydroxyl groups is 1. The van der Waals surface area contributed by atoms with E-state index in [0.29, 0.717) is 6.04 Å². The van der Waals surface area contributed by atoms with Crippen molar-refractivity contribution in [3.05, 3.63) is 45.5 Å². The van der Waals surface area contributed by atoms with Crippen LogP contribution in [0.15, 0.2) is 29.6 Å². The van der Waals surface area contributed by atoms with Gasteiger partial charge in [0.1, 0.15) is 5.01 Å². The maximum Gasteiger partial charge on any atom is 0.270 e. The monoisotopic (exact) mass is 347 g/mol. The number of hydrogen-bond donors (Lipinski definition) is 1. The summed E-state index contributed by atoms with van der Waals surface area (Å²) in [5, 5.41) is 22.8. The van der Waals surface area contributed by atoms with Crippen molar-refractivity contribution in [3.63, 3.8) is 0 Å². The Morgan fingerprint density at radius 1 is 1.46 bits per heavy atom. The van der Waals surface area contributed by atoms with Crippen molar-refractivity contribution in [3.8, 4) is 10.6 Å². The second-order valence-electron chi connectivity index (χ2n) is 6.08. The van der Waals surface area contributed by atoms with Crippen LogP contribution in [-0.2, 0) is 6.54 Å². The van der Waals surface area contributed by atoms with Gasteiger partial charge in [0.25, 0.3) is 5.69 Å². The molecule has 0 saturated carbocycles. The summed E-state index contributed by atoms with van der Waals surface area (Å²) in [5.41, 5.74) is 1.89. The number of aliphatic hydroxyl groups excluding tert-OH is 1. The molecule has 0 bridgehead atoms. The first-order valence-corrected chi connectivity index (χ1v) is 9.09. The highest BCUT2D eigenvalue weighted by Gasteiger charge is 2.24. The Morgan fingerprint density at radius 3 is 3.12 bits per heavy atom. The molecule has 1 aliphatic rings. The van der Waals surface area contributed by atoms with Crippen LogP contribution in [0.25, 0.3) is 10.6 Å². The van der Waals surface area contributed by atoms with Crippen LogP contribution in [0.2, 0.25) is 0 Å². The van der Waals surface area contributed by atoms with E-state index in [1.54, 1.807) is 12.1 Å². The van der Waals surface area contributed by atoms with E-state index in [0.717, 1.165) is 42.2 Å². The maximum atomic E-state index is 10.9. The van der Waals surface area contributed by atoms with E-state index in [9.17, 15) is 10.1 Å². The van der Waals surface area contributed by atoms with Gasteiger partial charge in [-0.15, -0.1) is 11.3 Å². The van der Waals surface area contributed by atoms with Crippen molar-refractivity contribution in [2.45, 2.75) is 38.3 Å². The Labute approximate surface area is 144 Å². The number of nitro groups is 1. The normalized spacial score (nSPS) is 18.1. The molecule has 1 unspecified atom stereocenters. The topological polar surface area (TPSA) is 79.5 Å². The number of benzene rings is 1. The maximum absolute atomic E-state index is 10.9. The van der Waals surface area contributed by atoms with Crippen LogP contribution in [0.1, 0.15) is 31.4 Å². The third-order valence-corrected chi connectivity index (χ3v) is 5.36. The van der Waals surface area contributed by atoms with Crippen LogP contribution in [0.5, 0.6) is 0 Å². The molecule has 0 amide bonds. The lowest BCUT2D eigenvalue weighted by Crippen LogP contribution is -2.29. The molecule has 128 valence electrons. The smallest absolute Gasteiger partial charge is 0.270 e. The number of nitrogens with zero attached hydrogens (tertiary/aromatic N) is 3. The number of hydrogen-bond acceptors (Lipinski definition) is 6. The molecule has 3 rings (SSSR count). The van der Waals surface area contributed by atoms with Crippen molar-refractivity contribution < 1.29 is 10.0 Å². The highest BCUT2D eigenvalue weighted by molar-refractivity contribution is 7.13. The van der Waals surface area contributed by atoms with Gasteiger partial charge >= 0.3 is 0 Å². The summed E-state index contributed by atoms with van der Waals surface area (Å²) in [6.07, 6.45) is 4.25. The average molecular weight is 347 g/mol. The Morgan fingerprint density at radius 2 is 2.33 bits per heavy atom. The summed E-state index contributed by atoms with van der Waals surface area (Å²) in [6.45, 7) is 2.12. The second-order valence-corrected chi connectivity index (χ2v) is 6.94. The molecular weight excluding hydrogens is 326 g/mol. The van der Waals surface area contributed by atoms with E-state index < -0.39 is 0 Å². The molecule has 24 heavy (non-hydrogen) atoms. The number of aromatic nitrogens is 1. The molecule has 7 heteroatoms. The SMILES string of the molecule is O=[N+]([O-])c1cccc(-c2nc(CN3CCCC3CCCO)cs2)c1. The standard InChI is InChI=1S/C17H21N3O3S/c21-9-3-7-15-6-2-8-19(15)11-14-12-24-17(18-14)13-4-1-5-16(10-13)20(22)23/h1,4-5,10,12,15,21H,2-3,6-9,11H2. The number of likely N-dealkylation sites (tertiary alicyclic amines) is 1. The van der Waals surface area contributed by atoms with Crippen molar-refractivity contribution in [2.24, 2.45) is 0 Å². The molecule has 1 N–H and O–H groups in total. The van der Waals surface area contributed by atoms with Gasteiger partial charge in [-0.2, -0.15) is 0 Å². The fourth-order valence-corrected chi connectivity index (χ4v) is 4.04. The van der Waals surface area contributed by atoms with Crippen molar-refractivity contribution >= 4 is 17.0 Å². The molecule has 0 aliphatic carbocycles. The van der Waals surface area contributed by atoms with Gasteiger partial charge in [0.2, 0.25) is 0 Å². The van der Waals surface area contributed by atoms with Crippen LogP contribution >= 0.6 is 11.3 Å². The minimum absolute atomic E-state index is 0.0906. The zero-order valence-electron chi connectivity index (χ0n) is 13.4. The Balaban J connectivity index is 1.69. The Hall–Kier alpha value is -1.83. The predicted octanol–water partition coefficient (Wildman–Crippen LogP) is 3.46. The van der Waals surface area contributed by atoms with Crippen molar-refractivity contribution in [2.75, 3.05) is 13.2 Å².